The number of carbonyl (C=O) groups is 1. The summed E-state index contributed by atoms with van der Waals surface area (Å²) < 4.78 is 5.57. The maximum atomic E-state index is 12.5. The van der Waals surface area contributed by atoms with Crippen molar-refractivity contribution in [2.24, 2.45) is 5.92 Å². The van der Waals surface area contributed by atoms with Crippen molar-refractivity contribution in [1.82, 2.24) is 10.3 Å². The number of aliphatic hydroxyl groups excluding tert-OH is 1. The normalized spacial score (nSPS) is 22.9. The summed E-state index contributed by atoms with van der Waals surface area (Å²) in [6.07, 6.45) is 5.29. The van der Waals surface area contributed by atoms with Crippen LogP contribution in [0.5, 0.6) is 5.75 Å². The Balaban J connectivity index is 1.59. The van der Waals surface area contributed by atoms with Crippen LogP contribution in [0.1, 0.15) is 40.4 Å². The lowest BCUT2D eigenvalue weighted by Gasteiger charge is -2.38. The molecule has 124 valence electrons. The Morgan fingerprint density at radius 3 is 2.96 bits per heavy atom. The number of ether oxygens (including phenoxy) is 1. The quantitative estimate of drug-likeness (QED) is 0.905. The molecule has 0 radical (unpaired) electrons. The number of nitrogens with zero attached hydrogens (tertiary/aromatic N) is 1. The van der Waals surface area contributed by atoms with Crippen molar-refractivity contribution in [3.63, 3.8) is 0 Å². The van der Waals surface area contributed by atoms with Crippen molar-refractivity contribution in [1.29, 1.82) is 0 Å². The number of nitrogens with one attached hydrogen (secondary N) is 1. The topological polar surface area (TPSA) is 71.5 Å². The third-order valence-corrected chi connectivity index (χ3v) is 4.90. The zero-order valence-electron chi connectivity index (χ0n) is 13.3. The summed E-state index contributed by atoms with van der Waals surface area (Å²) >= 11 is 0. The molecule has 0 saturated heterocycles. The van der Waals surface area contributed by atoms with Crippen LogP contribution >= 0.6 is 0 Å². The van der Waals surface area contributed by atoms with Crippen molar-refractivity contribution in [3.8, 4) is 5.75 Å². The summed E-state index contributed by atoms with van der Waals surface area (Å²) in [4.78, 5) is 16.6. The van der Waals surface area contributed by atoms with E-state index in [1.807, 2.05) is 12.1 Å². The maximum absolute atomic E-state index is 12.5. The third-order valence-electron chi connectivity index (χ3n) is 4.90. The number of carbonyl (C=O) groups excluding carboxylic acids is 1. The van der Waals surface area contributed by atoms with Gasteiger partial charge >= 0.3 is 0 Å². The Bertz CT molecular complexity index is 742. The fourth-order valence-electron chi connectivity index (χ4n) is 3.50. The molecule has 0 spiro atoms. The molecule has 1 aromatic carbocycles. The van der Waals surface area contributed by atoms with Gasteiger partial charge in [-0.25, -0.2) is 0 Å². The Labute approximate surface area is 140 Å². The molecule has 1 aliphatic carbocycles. The molecule has 1 atom stereocenters. The number of aromatic nitrogens is 1. The van der Waals surface area contributed by atoms with Gasteiger partial charge < -0.3 is 15.2 Å². The van der Waals surface area contributed by atoms with Gasteiger partial charge in [-0.2, -0.15) is 0 Å². The molecule has 24 heavy (non-hydrogen) atoms. The van der Waals surface area contributed by atoms with E-state index in [1.54, 1.807) is 24.5 Å². The molecule has 2 aliphatic rings. The first kappa shape index (κ1) is 15.1. The molecule has 1 saturated carbocycles. The summed E-state index contributed by atoms with van der Waals surface area (Å²) in [5.74, 6) is 1.05. The van der Waals surface area contributed by atoms with Gasteiger partial charge in [0.2, 0.25) is 0 Å². The zero-order chi connectivity index (χ0) is 16.5. The SMILES string of the molecule is O=C(N[C@@H](c1ccc2c(c1)CCO2)C1CC(O)C1)c1cccnc1. The molecular weight excluding hydrogens is 304 g/mol. The molecule has 2 heterocycles. The number of amides is 1. The van der Waals surface area contributed by atoms with Crippen molar-refractivity contribution >= 4 is 5.91 Å². The van der Waals surface area contributed by atoms with Crippen LogP contribution in [0.3, 0.4) is 0 Å². The van der Waals surface area contributed by atoms with Gasteiger partial charge in [0.05, 0.1) is 24.3 Å². The molecular formula is C19H20N2O3. The van der Waals surface area contributed by atoms with E-state index in [0.29, 0.717) is 25.0 Å². The van der Waals surface area contributed by atoms with E-state index in [9.17, 15) is 9.90 Å². The van der Waals surface area contributed by atoms with Crippen LogP contribution < -0.4 is 10.1 Å². The van der Waals surface area contributed by atoms with Crippen molar-refractivity contribution in [2.45, 2.75) is 31.4 Å². The Morgan fingerprint density at radius 2 is 2.21 bits per heavy atom. The van der Waals surface area contributed by atoms with E-state index in [-0.39, 0.29) is 24.0 Å². The average molecular weight is 324 g/mol. The lowest BCUT2D eigenvalue weighted by Crippen LogP contribution is -2.41. The van der Waals surface area contributed by atoms with E-state index in [4.69, 9.17) is 4.74 Å². The smallest absolute Gasteiger partial charge is 0.253 e. The van der Waals surface area contributed by atoms with Crippen LogP contribution in [0, 0.1) is 5.92 Å². The van der Waals surface area contributed by atoms with E-state index in [2.05, 4.69) is 16.4 Å². The van der Waals surface area contributed by atoms with Crippen LogP contribution in [0.25, 0.3) is 0 Å². The van der Waals surface area contributed by atoms with Crippen LogP contribution in [0.15, 0.2) is 42.7 Å². The lowest BCUT2D eigenvalue weighted by molar-refractivity contribution is 0.0235. The molecule has 1 aliphatic heterocycles. The number of benzene rings is 1. The predicted octanol–water partition coefficient (Wildman–Crippen LogP) is 2.26. The minimum absolute atomic E-state index is 0.105. The molecule has 1 amide bonds. The van der Waals surface area contributed by atoms with Gasteiger partial charge in [0, 0.05) is 18.8 Å². The lowest BCUT2D eigenvalue weighted by atomic mass is 9.74. The highest BCUT2D eigenvalue weighted by molar-refractivity contribution is 5.94. The number of aliphatic hydroxyl groups is 1. The largest absolute Gasteiger partial charge is 0.493 e. The minimum atomic E-state index is -0.259. The molecule has 4 rings (SSSR count). The van der Waals surface area contributed by atoms with Crippen LogP contribution in [-0.2, 0) is 6.42 Å². The summed E-state index contributed by atoms with van der Waals surface area (Å²) in [5.41, 5.74) is 2.81. The van der Waals surface area contributed by atoms with Gasteiger partial charge in [-0.15, -0.1) is 0 Å². The van der Waals surface area contributed by atoms with E-state index in [1.165, 1.54) is 5.56 Å². The molecule has 1 fully saturated rings. The Kier molecular flexibility index (Phi) is 3.94. The van der Waals surface area contributed by atoms with E-state index in [0.717, 1.165) is 17.7 Å². The number of hydrogen-bond donors (Lipinski definition) is 2. The van der Waals surface area contributed by atoms with Crippen molar-refractivity contribution < 1.29 is 14.6 Å². The van der Waals surface area contributed by atoms with Crippen molar-refractivity contribution in [2.75, 3.05) is 6.61 Å². The standard InChI is InChI=1S/C19H20N2O3/c22-16-9-15(10-16)18(21-19(23)14-2-1-6-20-11-14)13-3-4-17-12(8-13)5-7-24-17/h1-4,6,8,11,15-16,18,22H,5,7,9-10H2,(H,21,23)/t15?,16?,18-/m0/s1. The summed E-state index contributed by atoms with van der Waals surface area (Å²) in [6.45, 7) is 0.716. The van der Waals surface area contributed by atoms with Gasteiger partial charge in [-0.3, -0.25) is 9.78 Å². The second-order valence-electron chi connectivity index (χ2n) is 6.54. The highest BCUT2D eigenvalue weighted by atomic mass is 16.5. The summed E-state index contributed by atoms with van der Waals surface area (Å²) in [6, 6.07) is 9.53. The second-order valence-corrected chi connectivity index (χ2v) is 6.54. The third kappa shape index (κ3) is 2.87. The molecule has 2 aromatic rings. The highest BCUT2D eigenvalue weighted by Crippen LogP contribution is 2.39. The number of fused-ring (bicyclic) bond motifs is 1. The van der Waals surface area contributed by atoms with Crippen LogP contribution in [-0.4, -0.2) is 28.7 Å². The van der Waals surface area contributed by atoms with Gasteiger partial charge in [0.1, 0.15) is 5.75 Å². The molecule has 0 unspecified atom stereocenters. The Morgan fingerprint density at radius 1 is 1.33 bits per heavy atom. The van der Waals surface area contributed by atoms with Crippen LogP contribution in [0.4, 0.5) is 0 Å². The minimum Gasteiger partial charge on any atom is -0.493 e. The van der Waals surface area contributed by atoms with E-state index < -0.39 is 0 Å². The van der Waals surface area contributed by atoms with Crippen molar-refractivity contribution in [3.05, 3.63) is 59.4 Å². The number of rotatable bonds is 4. The highest BCUT2D eigenvalue weighted by Gasteiger charge is 2.36. The molecule has 5 heteroatoms. The van der Waals surface area contributed by atoms with Gasteiger partial charge in [0.15, 0.2) is 0 Å². The molecule has 2 N–H and O–H groups in total. The second kappa shape index (κ2) is 6.24. The summed E-state index contributed by atoms with van der Waals surface area (Å²) in [7, 11) is 0. The molecule has 1 aromatic heterocycles. The van der Waals surface area contributed by atoms with Crippen LogP contribution in [0.2, 0.25) is 0 Å². The van der Waals surface area contributed by atoms with Gasteiger partial charge in [0.25, 0.3) is 5.91 Å². The van der Waals surface area contributed by atoms with E-state index >= 15 is 0 Å². The fraction of sp³-hybridized carbons (Fsp3) is 0.368. The van der Waals surface area contributed by atoms with Gasteiger partial charge in [-0.05, 0) is 54.2 Å². The monoisotopic (exact) mass is 324 g/mol. The van der Waals surface area contributed by atoms with Gasteiger partial charge in [-0.1, -0.05) is 6.07 Å². The first-order valence-electron chi connectivity index (χ1n) is 8.35. The maximum Gasteiger partial charge on any atom is 0.253 e. The number of hydrogen-bond acceptors (Lipinski definition) is 4. The predicted molar refractivity (Wildman–Crippen MR) is 88.8 cm³/mol. The fourth-order valence-corrected chi connectivity index (χ4v) is 3.50. The molecule has 0 bridgehead atoms. The summed E-state index contributed by atoms with van der Waals surface area (Å²) in [5, 5.41) is 12.8. The first-order valence-corrected chi connectivity index (χ1v) is 8.35. The average Bonchev–Trinajstić information content (AvgIpc) is 3.05. The zero-order valence-corrected chi connectivity index (χ0v) is 13.3. The Hall–Kier alpha value is -2.40. The number of pyridine rings is 1. The first-order chi connectivity index (χ1) is 11.7. The molecule has 5 nitrogen and oxygen atoms in total.